The highest BCUT2D eigenvalue weighted by Gasteiger charge is 2.11. The fourth-order valence-corrected chi connectivity index (χ4v) is 2.60. The Hall–Kier alpha value is -1.24. The number of hydrogen-bond acceptors (Lipinski definition) is 2. The maximum Gasteiger partial charge on any atom is 0.101 e. The molecule has 2 rings (SSSR count). The van der Waals surface area contributed by atoms with Gasteiger partial charge in [0, 0.05) is 12.7 Å². The van der Waals surface area contributed by atoms with Gasteiger partial charge < -0.3 is 4.57 Å². The van der Waals surface area contributed by atoms with E-state index in [4.69, 9.17) is 16.9 Å². The van der Waals surface area contributed by atoms with Crippen molar-refractivity contribution in [3.05, 3.63) is 33.8 Å². The third-order valence-electron chi connectivity index (χ3n) is 2.48. The standard InChI is InChI=1S/C11H9ClN2S/c1-7-8(6-13)5-9(14(7)2)10-3-4-11(12)15-10/h3-5H,1-2H3. The minimum Gasteiger partial charge on any atom is -0.346 e. The fourth-order valence-electron chi connectivity index (χ4n) is 1.50. The minimum absolute atomic E-state index is 0.719. The van der Waals surface area contributed by atoms with Crippen LogP contribution in [0.1, 0.15) is 11.3 Å². The van der Waals surface area contributed by atoms with Crippen LogP contribution in [-0.4, -0.2) is 4.57 Å². The summed E-state index contributed by atoms with van der Waals surface area (Å²) in [5.41, 5.74) is 2.75. The Morgan fingerprint density at radius 2 is 2.20 bits per heavy atom. The number of halogens is 1. The lowest BCUT2D eigenvalue weighted by Crippen LogP contribution is -1.92. The van der Waals surface area contributed by atoms with E-state index in [1.54, 1.807) is 0 Å². The highest BCUT2D eigenvalue weighted by atomic mass is 35.5. The number of aromatic nitrogens is 1. The van der Waals surface area contributed by atoms with E-state index in [0.29, 0.717) is 0 Å². The molecule has 0 aliphatic heterocycles. The van der Waals surface area contributed by atoms with Crippen molar-refractivity contribution in [2.75, 3.05) is 0 Å². The van der Waals surface area contributed by atoms with Crippen molar-refractivity contribution in [2.24, 2.45) is 7.05 Å². The second-order valence-corrected chi connectivity index (χ2v) is 5.02. The van der Waals surface area contributed by atoms with Crippen molar-refractivity contribution in [3.63, 3.8) is 0 Å². The lowest BCUT2D eigenvalue weighted by Gasteiger charge is -2.01. The highest BCUT2D eigenvalue weighted by molar-refractivity contribution is 7.19. The molecule has 0 aliphatic carbocycles. The predicted octanol–water partition coefficient (Wildman–Crippen LogP) is 3.59. The van der Waals surface area contributed by atoms with Crippen molar-refractivity contribution < 1.29 is 0 Å². The van der Waals surface area contributed by atoms with Crippen LogP contribution in [0.25, 0.3) is 10.6 Å². The second-order valence-electron chi connectivity index (χ2n) is 3.30. The molecule has 0 saturated heterocycles. The Labute approximate surface area is 97.3 Å². The first kappa shape index (κ1) is 10.3. The van der Waals surface area contributed by atoms with Crippen LogP contribution in [-0.2, 0) is 7.05 Å². The monoisotopic (exact) mass is 236 g/mol. The summed E-state index contributed by atoms with van der Waals surface area (Å²) < 4.78 is 2.78. The Morgan fingerprint density at radius 3 is 2.67 bits per heavy atom. The number of nitriles is 1. The summed E-state index contributed by atoms with van der Waals surface area (Å²) in [5, 5.41) is 8.92. The normalized spacial score (nSPS) is 10.3. The molecule has 0 fully saturated rings. The SMILES string of the molecule is Cc1c(C#N)cc(-c2ccc(Cl)s2)n1C. The lowest BCUT2D eigenvalue weighted by atomic mass is 10.2. The number of thiophene rings is 1. The van der Waals surface area contributed by atoms with Gasteiger partial charge in [0.15, 0.2) is 0 Å². The van der Waals surface area contributed by atoms with Crippen LogP contribution >= 0.6 is 22.9 Å². The highest BCUT2D eigenvalue weighted by Crippen LogP contribution is 2.32. The maximum absolute atomic E-state index is 8.92. The topological polar surface area (TPSA) is 28.7 Å². The third-order valence-corrected chi connectivity index (χ3v) is 3.74. The lowest BCUT2D eigenvalue weighted by molar-refractivity contribution is 0.891. The third kappa shape index (κ3) is 1.67. The van der Waals surface area contributed by atoms with E-state index in [1.165, 1.54) is 11.3 Å². The van der Waals surface area contributed by atoms with Crippen LogP contribution in [0.4, 0.5) is 0 Å². The molecule has 2 aromatic rings. The van der Waals surface area contributed by atoms with Crippen molar-refractivity contribution >= 4 is 22.9 Å². The Balaban J connectivity index is 2.60. The molecule has 2 aromatic heterocycles. The van der Waals surface area contributed by atoms with E-state index >= 15 is 0 Å². The molecule has 0 amide bonds. The fraction of sp³-hybridized carbons (Fsp3) is 0.182. The minimum atomic E-state index is 0.719. The molecular weight excluding hydrogens is 228 g/mol. The van der Waals surface area contributed by atoms with E-state index in [2.05, 4.69) is 6.07 Å². The Morgan fingerprint density at radius 1 is 1.47 bits per heavy atom. The molecule has 0 aromatic carbocycles. The molecule has 2 nitrogen and oxygen atoms in total. The van der Waals surface area contributed by atoms with Gasteiger partial charge in [0.1, 0.15) is 6.07 Å². The van der Waals surface area contributed by atoms with Gasteiger partial charge in [0.25, 0.3) is 0 Å². The van der Waals surface area contributed by atoms with Crippen LogP contribution in [0, 0.1) is 18.3 Å². The maximum atomic E-state index is 8.92. The van der Waals surface area contributed by atoms with Gasteiger partial charge in [-0.15, -0.1) is 11.3 Å². The molecule has 15 heavy (non-hydrogen) atoms. The molecule has 2 heterocycles. The molecule has 0 N–H and O–H groups in total. The van der Waals surface area contributed by atoms with E-state index in [1.807, 2.05) is 36.7 Å². The van der Waals surface area contributed by atoms with Crippen molar-refractivity contribution in [1.82, 2.24) is 4.57 Å². The quantitative estimate of drug-likeness (QED) is 0.744. The first-order valence-corrected chi connectivity index (χ1v) is 5.65. The summed E-state index contributed by atoms with van der Waals surface area (Å²) in [6.07, 6.45) is 0. The van der Waals surface area contributed by atoms with Crippen LogP contribution < -0.4 is 0 Å². The molecule has 0 unspecified atom stereocenters. The van der Waals surface area contributed by atoms with Gasteiger partial charge in [-0.1, -0.05) is 11.6 Å². The predicted molar refractivity (Wildman–Crippen MR) is 63.2 cm³/mol. The van der Waals surface area contributed by atoms with E-state index in [-0.39, 0.29) is 0 Å². The summed E-state index contributed by atoms with van der Waals surface area (Å²) in [4.78, 5) is 1.09. The zero-order valence-corrected chi connectivity index (χ0v) is 9.99. The van der Waals surface area contributed by atoms with Crippen molar-refractivity contribution in [3.8, 4) is 16.6 Å². The molecule has 0 saturated carbocycles. The Bertz CT molecular complexity index is 545. The zero-order valence-electron chi connectivity index (χ0n) is 8.41. The average Bonchev–Trinajstić information content (AvgIpc) is 2.74. The Kier molecular flexibility index (Phi) is 2.56. The van der Waals surface area contributed by atoms with Crippen molar-refractivity contribution in [2.45, 2.75) is 6.92 Å². The molecular formula is C11H9ClN2S. The van der Waals surface area contributed by atoms with Gasteiger partial charge in [-0.3, -0.25) is 0 Å². The number of nitrogens with zero attached hydrogens (tertiary/aromatic N) is 2. The summed E-state index contributed by atoms with van der Waals surface area (Å²) in [5.74, 6) is 0. The number of rotatable bonds is 1. The van der Waals surface area contributed by atoms with Gasteiger partial charge in [-0.05, 0) is 25.1 Å². The molecule has 4 heteroatoms. The van der Waals surface area contributed by atoms with Gasteiger partial charge >= 0.3 is 0 Å². The van der Waals surface area contributed by atoms with Crippen LogP contribution in [0.3, 0.4) is 0 Å². The van der Waals surface area contributed by atoms with E-state index in [9.17, 15) is 0 Å². The van der Waals surface area contributed by atoms with Gasteiger partial charge in [0.05, 0.1) is 20.5 Å². The molecule has 76 valence electrons. The van der Waals surface area contributed by atoms with E-state index < -0.39 is 0 Å². The smallest absolute Gasteiger partial charge is 0.101 e. The molecule has 0 aliphatic rings. The average molecular weight is 237 g/mol. The zero-order chi connectivity index (χ0) is 11.0. The van der Waals surface area contributed by atoms with Gasteiger partial charge in [-0.2, -0.15) is 5.26 Å². The van der Waals surface area contributed by atoms with Gasteiger partial charge in [0.2, 0.25) is 0 Å². The molecule has 0 spiro atoms. The number of hydrogen-bond donors (Lipinski definition) is 0. The van der Waals surface area contributed by atoms with Crippen LogP contribution in [0.15, 0.2) is 18.2 Å². The summed E-state index contributed by atoms with van der Waals surface area (Å²) in [6.45, 7) is 1.94. The second kappa shape index (κ2) is 3.73. The summed E-state index contributed by atoms with van der Waals surface area (Å²) >= 11 is 7.41. The summed E-state index contributed by atoms with van der Waals surface area (Å²) in [7, 11) is 1.96. The van der Waals surface area contributed by atoms with Gasteiger partial charge in [-0.25, -0.2) is 0 Å². The first-order chi connectivity index (χ1) is 7.13. The van der Waals surface area contributed by atoms with Crippen molar-refractivity contribution in [1.29, 1.82) is 5.26 Å². The van der Waals surface area contributed by atoms with E-state index in [0.717, 1.165) is 26.2 Å². The van der Waals surface area contributed by atoms with Crippen LogP contribution in [0.5, 0.6) is 0 Å². The first-order valence-electron chi connectivity index (χ1n) is 4.45. The largest absolute Gasteiger partial charge is 0.346 e. The summed E-state index contributed by atoms with van der Waals surface area (Å²) in [6, 6.07) is 7.93. The molecule has 0 radical (unpaired) electrons. The van der Waals surface area contributed by atoms with Crippen LogP contribution in [0.2, 0.25) is 4.34 Å². The molecule has 0 atom stereocenters. The molecule has 0 bridgehead atoms.